The monoisotopic (exact) mass is 956 g/mol. The molecule has 0 saturated heterocycles. The van der Waals surface area contributed by atoms with Crippen LogP contribution < -0.4 is 5.32 Å². The first-order valence-electron chi connectivity index (χ1n) is 29.6. The van der Waals surface area contributed by atoms with Crippen molar-refractivity contribution in [1.82, 2.24) is 5.32 Å². The molecule has 0 aromatic heterocycles. The van der Waals surface area contributed by atoms with Gasteiger partial charge in [-0.3, -0.25) is 4.79 Å². The predicted octanol–water partition coefficient (Wildman–Crippen LogP) is 19.9. The third-order valence-corrected chi connectivity index (χ3v) is 13.0. The highest BCUT2D eigenvalue weighted by atomic mass is 16.3. The number of nitrogens with one attached hydrogen (secondary N) is 1. The quantitative estimate of drug-likeness (QED) is 0.0420. The van der Waals surface area contributed by atoms with Gasteiger partial charge in [-0.1, -0.05) is 290 Å². The molecule has 0 aliphatic rings. The molecular formula is C65H113NO3. The van der Waals surface area contributed by atoms with Gasteiger partial charge in [0.1, 0.15) is 0 Å². The summed E-state index contributed by atoms with van der Waals surface area (Å²) in [6.45, 7) is 4.20. The van der Waals surface area contributed by atoms with Gasteiger partial charge in [0, 0.05) is 6.42 Å². The average molecular weight is 957 g/mol. The summed E-state index contributed by atoms with van der Waals surface area (Å²) in [6.07, 6.45) is 89.7. The van der Waals surface area contributed by atoms with E-state index in [1.54, 1.807) is 6.08 Å². The fraction of sp³-hybridized carbons (Fsp3) is 0.708. The van der Waals surface area contributed by atoms with Crippen LogP contribution in [0.15, 0.2) is 109 Å². The highest BCUT2D eigenvalue weighted by Crippen LogP contribution is 2.16. The molecule has 0 fully saturated rings. The van der Waals surface area contributed by atoms with Crippen LogP contribution in [0.2, 0.25) is 0 Å². The lowest BCUT2D eigenvalue weighted by Crippen LogP contribution is -2.45. The van der Waals surface area contributed by atoms with Gasteiger partial charge in [0.05, 0.1) is 18.8 Å². The van der Waals surface area contributed by atoms with E-state index in [9.17, 15) is 15.0 Å². The van der Waals surface area contributed by atoms with Gasteiger partial charge < -0.3 is 15.5 Å². The van der Waals surface area contributed by atoms with Gasteiger partial charge in [-0.05, 0) is 89.9 Å². The Morgan fingerprint density at radius 1 is 0.362 bits per heavy atom. The molecule has 0 aromatic carbocycles. The van der Waals surface area contributed by atoms with Crippen molar-refractivity contribution >= 4 is 5.91 Å². The molecule has 396 valence electrons. The Balaban J connectivity index is 3.57. The van der Waals surface area contributed by atoms with Crippen LogP contribution >= 0.6 is 0 Å². The molecule has 0 rings (SSSR count). The summed E-state index contributed by atoms with van der Waals surface area (Å²) in [7, 11) is 0. The molecule has 0 heterocycles. The van der Waals surface area contributed by atoms with Crippen LogP contribution in [-0.4, -0.2) is 34.9 Å². The molecule has 2 atom stereocenters. The number of aliphatic hydroxyl groups excluding tert-OH is 2. The maximum atomic E-state index is 12.5. The number of rotatable bonds is 53. The number of carbonyl (C=O) groups excluding carboxylic acids is 1. The molecule has 4 nitrogen and oxygen atoms in total. The number of aliphatic hydroxyl groups is 2. The van der Waals surface area contributed by atoms with Crippen LogP contribution in [0.5, 0.6) is 0 Å². The molecule has 0 spiro atoms. The number of allylic oxidation sites excluding steroid dienone is 17. The van der Waals surface area contributed by atoms with Gasteiger partial charge in [-0.15, -0.1) is 0 Å². The van der Waals surface area contributed by atoms with Gasteiger partial charge in [0.15, 0.2) is 0 Å². The largest absolute Gasteiger partial charge is 0.394 e. The summed E-state index contributed by atoms with van der Waals surface area (Å²) in [4.78, 5) is 12.5. The van der Waals surface area contributed by atoms with Crippen molar-refractivity contribution in [2.45, 2.75) is 289 Å². The Labute approximate surface area is 429 Å². The molecular weight excluding hydrogens is 843 g/mol. The molecule has 1 amide bonds. The van der Waals surface area contributed by atoms with Crippen LogP contribution in [0, 0.1) is 0 Å². The first-order valence-corrected chi connectivity index (χ1v) is 29.6. The van der Waals surface area contributed by atoms with Crippen molar-refractivity contribution in [2.75, 3.05) is 6.61 Å². The molecule has 69 heavy (non-hydrogen) atoms. The lowest BCUT2D eigenvalue weighted by molar-refractivity contribution is -0.123. The highest BCUT2D eigenvalue weighted by molar-refractivity contribution is 5.76. The summed E-state index contributed by atoms with van der Waals surface area (Å²) in [6, 6.07) is -0.647. The van der Waals surface area contributed by atoms with Crippen LogP contribution in [0.3, 0.4) is 0 Å². The van der Waals surface area contributed by atoms with Gasteiger partial charge in [-0.25, -0.2) is 0 Å². The summed E-state index contributed by atoms with van der Waals surface area (Å²) < 4.78 is 0. The zero-order valence-electron chi connectivity index (χ0n) is 45.5. The topological polar surface area (TPSA) is 69.6 Å². The van der Waals surface area contributed by atoms with E-state index >= 15 is 0 Å². The summed E-state index contributed by atoms with van der Waals surface area (Å²) in [5, 5.41) is 23.2. The lowest BCUT2D eigenvalue weighted by Gasteiger charge is -2.19. The number of hydrogen-bond donors (Lipinski definition) is 3. The van der Waals surface area contributed by atoms with E-state index in [4.69, 9.17) is 0 Å². The van der Waals surface area contributed by atoms with E-state index < -0.39 is 12.1 Å². The smallest absolute Gasteiger partial charge is 0.220 e. The van der Waals surface area contributed by atoms with E-state index in [0.29, 0.717) is 6.42 Å². The lowest BCUT2D eigenvalue weighted by atomic mass is 10.0. The Bertz CT molecular complexity index is 1310. The predicted molar refractivity (Wildman–Crippen MR) is 308 cm³/mol. The minimum absolute atomic E-state index is 0.0770. The number of carbonyl (C=O) groups is 1. The fourth-order valence-electron chi connectivity index (χ4n) is 8.53. The van der Waals surface area contributed by atoms with Gasteiger partial charge in [-0.2, -0.15) is 0 Å². The third-order valence-electron chi connectivity index (χ3n) is 13.0. The van der Waals surface area contributed by atoms with E-state index in [1.165, 1.54) is 180 Å². The van der Waals surface area contributed by atoms with E-state index in [2.05, 4.69) is 116 Å². The Morgan fingerprint density at radius 2 is 0.652 bits per heavy atom. The van der Waals surface area contributed by atoms with Crippen molar-refractivity contribution in [3.63, 3.8) is 0 Å². The minimum atomic E-state index is -0.869. The van der Waals surface area contributed by atoms with Crippen LogP contribution in [0.4, 0.5) is 0 Å². The summed E-state index contributed by atoms with van der Waals surface area (Å²) in [5.74, 6) is -0.0770. The van der Waals surface area contributed by atoms with Crippen molar-refractivity contribution in [3.05, 3.63) is 109 Å². The molecule has 0 aromatic rings. The number of unbranched alkanes of at least 4 members (excludes halogenated alkanes) is 30. The van der Waals surface area contributed by atoms with Crippen molar-refractivity contribution in [3.8, 4) is 0 Å². The molecule has 4 heteroatoms. The fourth-order valence-corrected chi connectivity index (χ4v) is 8.53. The second-order valence-electron chi connectivity index (χ2n) is 19.7. The maximum absolute atomic E-state index is 12.5. The molecule has 0 saturated carbocycles. The van der Waals surface area contributed by atoms with Gasteiger partial charge in [0.2, 0.25) is 5.91 Å². The van der Waals surface area contributed by atoms with Gasteiger partial charge in [0.25, 0.3) is 0 Å². The van der Waals surface area contributed by atoms with E-state index in [0.717, 1.165) is 77.0 Å². The van der Waals surface area contributed by atoms with E-state index in [-0.39, 0.29) is 12.5 Å². The maximum Gasteiger partial charge on any atom is 0.220 e. The minimum Gasteiger partial charge on any atom is -0.394 e. The highest BCUT2D eigenvalue weighted by Gasteiger charge is 2.18. The zero-order valence-corrected chi connectivity index (χ0v) is 45.5. The number of amides is 1. The normalized spacial score (nSPS) is 13.6. The Morgan fingerprint density at radius 3 is 1.01 bits per heavy atom. The first kappa shape index (κ1) is 66.0. The van der Waals surface area contributed by atoms with E-state index in [1.807, 2.05) is 6.08 Å². The van der Waals surface area contributed by atoms with Crippen molar-refractivity contribution < 1.29 is 15.0 Å². The zero-order chi connectivity index (χ0) is 49.9. The average Bonchev–Trinajstić information content (AvgIpc) is 3.35. The molecule has 2 unspecified atom stereocenters. The second kappa shape index (κ2) is 59.4. The summed E-state index contributed by atoms with van der Waals surface area (Å²) >= 11 is 0. The molecule has 3 N–H and O–H groups in total. The summed E-state index contributed by atoms with van der Waals surface area (Å²) in [5.41, 5.74) is 0. The molecule has 0 bridgehead atoms. The number of hydrogen-bond acceptors (Lipinski definition) is 3. The van der Waals surface area contributed by atoms with Crippen molar-refractivity contribution in [2.24, 2.45) is 0 Å². The Kier molecular flexibility index (Phi) is 56.8. The SMILES string of the molecule is CC/C=C\C/C=C\C/C=C\C/C=C\C/C=C\C/C=C\C/C=C\CCCCCCCCCCCCCCCC(=O)NC(CO)C(O)/C=C/CC/C=C/CCCCCCCCCCCCCCCCCC. The van der Waals surface area contributed by atoms with Crippen LogP contribution in [-0.2, 0) is 4.79 Å². The standard InChI is InChI=1S/C65H113NO3/c1-3-5-7-9-11-13-15-17-19-21-23-25-27-28-29-30-31-32-33-34-35-36-37-38-39-41-43-45-47-49-51-53-55-57-59-61-65(69)66-63(62-67)64(68)60-58-56-54-52-50-48-46-44-42-40-26-24-22-20-18-16-14-12-10-8-6-4-2/h5,7,11,13,17,19,23,25,28-29,31-32,34-35,50,52,58,60,63-64,67-68H,3-4,6,8-10,12,14-16,18,20-22,24,26-27,30,33,36-49,51,53-57,59,61-62H2,1-2H3,(H,66,69)/b7-5-,13-11-,19-17-,25-23-,29-28-,32-31-,35-34-,52-50+,60-58+. The van der Waals surface area contributed by atoms with Gasteiger partial charge >= 0.3 is 0 Å². The third kappa shape index (κ3) is 55.8. The van der Waals surface area contributed by atoms with Crippen molar-refractivity contribution in [1.29, 1.82) is 0 Å². The first-order chi connectivity index (χ1) is 34.2. The van der Waals surface area contributed by atoms with Crippen LogP contribution in [0.1, 0.15) is 277 Å². The molecule has 0 aliphatic carbocycles. The molecule has 0 aliphatic heterocycles. The van der Waals surface area contributed by atoms with Crippen LogP contribution in [0.25, 0.3) is 0 Å². The Hall–Kier alpha value is -2.95. The second-order valence-corrected chi connectivity index (χ2v) is 19.7. The molecule has 0 radical (unpaired) electrons.